The molecule has 1 fully saturated rings. The van der Waals surface area contributed by atoms with Crippen LogP contribution in [0.2, 0.25) is 0 Å². The minimum Gasteiger partial charge on any atom is -0.325 e. The lowest BCUT2D eigenvalue weighted by Gasteiger charge is -2.34. The van der Waals surface area contributed by atoms with Crippen LogP contribution >= 0.6 is 11.3 Å². The van der Waals surface area contributed by atoms with Crippen LogP contribution in [0.25, 0.3) is 5.69 Å². The Morgan fingerprint density at radius 3 is 2.85 bits per heavy atom. The molecule has 0 saturated carbocycles. The number of thiophene rings is 1. The van der Waals surface area contributed by atoms with E-state index >= 15 is 0 Å². The van der Waals surface area contributed by atoms with Gasteiger partial charge in [-0.05, 0) is 65.5 Å². The van der Waals surface area contributed by atoms with Crippen molar-refractivity contribution >= 4 is 22.9 Å². The second-order valence-electron chi connectivity index (χ2n) is 6.35. The maximum absolute atomic E-state index is 12.8. The van der Waals surface area contributed by atoms with Gasteiger partial charge in [-0.1, -0.05) is 12.5 Å². The summed E-state index contributed by atoms with van der Waals surface area (Å²) >= 11 is 1.74. The number of nitrogens with zero attached hydrogens (tertiary/aromatic N) is 5. The SMILES string of the molecule is O=C(Nc1ccc(-n2cnnn2)cc1)C1CCCCN1Cc1cccs1. The van der Waals surface area contributed by atoms with Gasteiger partial charge in [0.25, 0.3) is 0 Å². The number of carbonyl (C=O) groups is 1. The zero-order chi connectivity index (χ0) is 17.8. The molecule has 0 spiro atoms. The van der Waals surface area contributed by atoms with Crippen molar-refractivity contribution in [1.82, 2.24) is 25.1 Å². The van der Waals surface area contributed by atoms with E-state index in [-0.39, 0.29) is 11.9 Å². The van der Waals surface area contributed by atoms with Gasteiger partial charge in [-0.3, -0.25) is 9.69 Å². The van der Waals surface area contributed by atoms with Crippen LogP contribution in [0.1, 0.15) is 24.1 Å². The molecule has 0 radical (unpaired) electrons. The fourth-order valence-electron chi connectivity index (χ4n) is 3.28. The third kappa shape index (κ3) is 3.81. The van der Waals surface area contributed by atoms with Crippen molar-refractivity contribution < 1.29 is 4.79 Å². The molecule has 1 unspecified atom stereocenters. The summed E-state index contributed by atoms with van der Waals surface area (Å²) in [5, 5.41) is 16.3. The number of piperidine rings is 1. The lowest BCUT2D eigenvalue weighted by molar-refractivity contribution is -0.122. The summed E-state index contributed by atoms with van der Waals surface area (Å²) in [6, 6.07) is 11.6. The molecule has 1 aliphatic rings. The van der Waals surface area contributed by atoms with Crippen LogP contribution in [0.5, 0.6) is 0 Å². The standard InChI is InChI=1S/C18H20N6OS/c25-18(17-5-1-2-10-23(17)12-16-4-3-11-26-16)20-14-6-8-15(9-7-14)24-13-19-21-22-24/h3-4,6-9,11,13,17H,1-2,5,10,12H2,(H,20,25). The monoisotopic (exact) mass is 368 g/mol. The van der Waals surface area contributed by atoms with Crippen LogP contribution < -0.4 is 5.32 Å². The molecule has 1 atom stereocenters. The van der Waals surface area contributed by atoms with E-state index in [1.54, 1.807) is 16.0 Å². The van der Waals surface area contributed by atoms with Crippen molar-refractivity contribution in [2.24, 2.45) is 0 Å². The topological polar surface area (TPSA) is 75.9 Å². The summed E-state index contributed by atoms with van der Waals surface area (Å²) in [4.78, 5) is 16.4. The van der Waals surface area contributed by atoms with Crippen molar-refractivity contribution in [3.63, 3.8) is 0 Å². The van der Waals surface area contributed by atoms with Crippen molar-refractivity contribution in [1.29, 1.82) is 0 Å². The van der Waals surface area contributed by atoms with E-state index < -0.39 is 0 Å². The van der Waals surface area contributed by atoms with Crippen LogP contribution in [0.4, 0.5) is 5.69 Å². The first-order valence-corrected chi connectivity index (χ1v) is 9.58. The molecule has 26 heavy (non-hydrogen) atoms. The third-order valence-corrected chi connectivity index (χ3v) is 5.46. The number of aromatic nitrogens is 4. The molecule has 134 valence electrons. The van der Waals surface area contributed by atoms with Gasteiger partial charge >= 0.3 is 0 Å². The van der Waals surface area contributed by atoms with Crippen molar-refractivity contribution in [3.8, 4) is 5.69 Å². The summed E-state index contributed by atoms with van der Waals surface area (Å²) in [6.07, 6.45) is 4.69. The summed E-state index contributed by atoms with van der Waals surface area (Å²) in [6.45, 7) is 1.81. The van der Waals surface area contributed by atoms with Gasteiger partial charge in [-0.2, -0.15) is 0 Å². The van der Waals surface area contributed by atoms with Gasteiger partial charge in [0.05, 0.1) is 11.7 Å². The second kappa shape index (κ2) is 7.76. The molecule has 1 N–H and O–H groups in total. The van der Waals surface area contributed by atoms with E-state index in [9.17, 15) is 4.79 Å². The maximum atomic E-state index is 12.8. The molecule has 1 amide bonds. The maximum Gasteiger partial charge on any atom is 0.241 e. The molecule has 4 rings (SSSR count). The lowest BCUT2D eigenvalue weighted by atomic mass is 10.0. The molecular formula is C18H20N6OS. The van der Waals surface area contributed by atoms with Crippen LogP contribution in [0.15, 0.2) is 48.1 Å². The number of amides is 1. The van der Waals surface area contributed by atoms with Crippen molar-refractivity contribution in [2.75, 3.05) is 11.9 Å². The predicted molar refractivity (Wildman–Crippen MR) is 100 cm³/mol. The number of tetrazole rings is 1. The first-order valence-electron chi connectivity index (χ1n) is 8.70. The molecule has 1 saturated heterocycles. The van der Waals surface area contributed by atoms with E-state index in [0.717, 1.165) is 43.7 Å². The first kappa shape index (κ1) is 16.9. The smallest absolute Gasteiger partial charge is 0.241 e. The van der Waals surface area contributed by atoms with E-state index in [1.807, 2.05) is 24.3 Å². The van der Waals surface area contributed by atoms with Gasteiger partial charge in [0, 0.05) is 17.1 Å². The Kier molecular flexibility index (Phi) is 5.03. The van der Waals surface area contributed by atoms with Gasteiger partial charge in [-0.15, -0.1) is 16.4 Å². The normalized spacial score (nSPS) is 17.9. The van der Waals surface area contributed by atoms with Gasteiger partial charge < -0.3 is 5.32 Å². The number of hydrogen-bond donors (Lipinski definition) is 1. The molecule has 0 aliphatic carbocycles. The van der Waals surface area contributed by atoms with Gasteiger partial charge in [0.15, 0.2) is 0 Å². The fourth-order valence-corrected chi connectivity index (χ4v) is 4.01. The Hall–Kier alpha value is -2.58. The van der Waals surface area contributed by atoms with Crippen molar-refractivity contribution in [2.45, 2.75) is 31.8 Å². The van der Waals surface area contributed by atoms with E-state index in [0.29, 0.717) is 0 Å². The predicted octanol–water partition coefficient (Wildman–Crippen LogP) is 2.72. The third-order valence-electron chi connectivity index (χ3n) is 4.60. The number of carbonyl (C=O) groups excluding carboxylic acids is 1. The molecule has 0 bridgehead atoms. The molecule has 1 aliphatic heterocycles. The van der Waals surface area contributed by atoms with Gasteiger partial charge in [0.1, 0.15) is 6.33 Å². The quantitative estimate of drug-likeness (QED) is 0.749. The molecule has 8 heteroatoms. The zero-order valence-electron chi connectivity index (χ0n) is 14.3. The Morgan fingerprint density at radius 1 is 1.23 bits per heavy atom. The highest BCUT2D eigenvalue weighted by molar-refractivity contribution is 7.09. The average Bonchev–Trinajstić information content (AvgIpc) is 3.37. The molecule has 1 aromatic carbocycles. The number of rotatable bonds is 5. The number of benzene rings is 1. The van der Waals surface area contributed by atoms with E-state index in [1.165, 1.54) is 11.2 Å². The van der Waals surface area contributed by atoms with Crippen LogP contribution in [-0.4, -0.2) is 43.6 Å². The Morgan fingerprint density at radius 2 is 2.12 bits per heavy atom. The minimum absolute atomic E-state index is 0.0661. The van der Waals surface area contributed by atoms with Crippen molar-refractivity contribution in [3.05, 3.63) is 53.0 Å². The van der Waals surface area contributed by atoms with E-state index in [2.05, 4.69) is 43.3 Å². The minimum atomic E-state index is -0.0787. The first-order chi connectivity index (χ1) is 12.8. The van der Waals surface area contributed by atoms with Crippen LogP contribution in [-0.2, 0) is 11.3 Å². The molecule has 2 aromatic heterocycles. The largest absolute Gasteiger partial charge is 0.325 e. The summed E-state index contributed by atoms with van der Waals surface area (Å²) < 4.78 is 1.58. The highest BCUT2D eigenvalue weighted by Gasteiger charge is 2.28. The summed E-state index contributed by atoms with van der Waals surface area (Å²) in [5.41, 5.74) is 1.64. The summed E-state index contributed by atoms with van der Waals surface area (Å²) in [7, 11) is 0. The Labute approximate surface area is 155 Å². The molecule has 3 aromatic rings. The lowest BCUT2D eigenvalue weighted by Crippen LogP contribution is -2.46. The molecule has 3 heterocycles. The fraction of sp³-hybridized carbons (Fsp3) is 0.333. The van der Waals surface area contributed by atoms with Crippen LogP contribution in [0, 0.1) is 0 Å². The second-order valence-corrected chi connectivity index (χ2v) is 7.38. The Balaban J connectivity index is 1.42. The molecular weight excluding hydrogens is 348 g/mol. The highest BCUT2D eigenvalue weighted by atomic mass is 32.1. The zero-order valence-corrected chi connectivity index (χ0v) is 15.1. The Bertz CT molecular complexity index is 831. The average molecular weight is 368 g/mol. The van der Waals surface area contributed by atoms with Gasteiger partial charge in [-0.25, -0.2) is 4.68 Å². The molecule has 7 nitrogen and oxygen atoms in total. The van der Waals surface area contributed by atoms with Crippen LogP contribution in [0.3, 0.4) is 0 Å². The number of hydrogen-bond acceptors (Lipinski definition) is 6. The number of anilines is 1. The summed E-state index contributed by atoms with van der Waals surface area (Å²) in [5.74, 6) is 0.0661. The number of nitrogens with one attached hydrogen (secondary N) is 1. The van der Waals surface area contributed by atoms with E-state index in [4.69, 9.17) is 0 Å². The highest BCUT2D eigenvalue weighted by Crippen LogP contribution is 2.23. The van der Waals surface area contributed by atoms with Gasteiger partial charge in [0.2, 0.25) is 5.91 Å². The number of likely N-dealkylation sites (tertiary alicyclic amines) is 1.